The van der Waals surface area contributed by atoms with Crippen molar-refractivity contribution in [1.82, 2.24) is 14.7 Å². The van der Waals surface area contributed by atoms with Crippen LogP contribution in [0.4, 0.5) is 0 Å². The van der Waals surface area contributed by atoms with Crippen molar-refractivity contribution in [3.8, 4) is 0 Å². The lowest BCUT2D eigenvalue weighted by atomic mass is 9.92. The minimum atomic E-state index is -0.367. The molecule has 0 unspecified atom stereocenters. The number of aromatic nitrogens is 2. The minimum Gasteiger partial charge on any atom is -0.379 e. The molecule has 0 bridgehead atoms. The molecule has 1 saturated carbocycles. The summed E-state index contributed by atoms with van der Waals surface area (Å²) in [4.78, 5) is 31.1. The first kappa shape index (κ1) is 16.1. The van der Waals surface area contributed by atoms with Crippen LogP contribution < -0.4 is 10.9 Å². The summed E-state index contributed by atoms with van der Waals surface area (Å²) in [6.07, 6.45) is 5.36. The number of carbonyl (C=O) groups is 1. The van der Waals surface area contributed by atoms with Crippen LogP contribution in [-0.2, 0) is 4.74 Å². The number of fused-ring (bicyclic) bond motifs is 1. The van der Waals surface area contributed by atoms with Gasteiger partial charge in [-0.2, -0.15) is 0 Å². The van der Waals surface area contributed by atoms with E-state index in [9.17, 15) is 9.59 Å². The smallest absolute Gasteiger partial charge is 0.271 e. The highest BCUT2D eigenvalue weighted by atomic mass is 32.1. The summed E-state index contributed by atoms with van der Waals surface area (Å²) in [5, 5.41) is 2.95. The predicted molar refractivity (Wildman–Crippen MR) is 89.3 cm³/mol. The zero-order chi connectivity index (χ0) is 16.6. The molecule has 2 aromatic rings. The van der Waals surface area contributed by atoms with Gasteiger partial charge in [-0.15, -0.1) is 11.3 Å². The van der Waals surface area contributed by atoms with Gasteiger partial charge in [0.2, 0.25) is 0 Å². The van der Waals surface area contributed by atoms with Crippen LogP contribution in [0.15, 0.2) is 11.0 Å². The number of aryl methyl sites for hydroxylation is 2. The molecule has 1 aliphatic rings. The van der Waals surface area contributed by atoms with Gasteiger partial charge >= 0.3 is 0 Å². The van der Waals surface area contributed by atoms with Crippen LogP contribution in [0.3, 0.4) is 0 Å². The number of hydrogen-bond acceptors (Lipinski definition) is 5. The Kier molecular flexibility index (Phi) is 4.50. The van der Waals surface area contributed by atoms with Gasteiger partial charge in [0, 0.05) is 23.9 Å². The molecule has 3 rings (SSSR count). The van der Waals surface area contributed by atoms with Gasteiger partial charge in [-0.3, -0.25) is 14.0 Å². The molecule has 1 aliphatic carbocycles. The standard InChI is InChI=1S/C16H21N3O3S/c1-9-10(2)23-16-17-8-11(15(21)19(9)16)14(20)18-12-6-4-5-7-13(12)22-3/h8,12-13H,4-7H2,1-3H3,(H,18,20)/t12-,13+/m0/s1. The van der Waals surface area contributed by atoms with Crippen molar-refractivity contribution in [1.29, 1.82) is 0 Å². The zero-order valence-electron chi connectivity index (χ0n) is 13.6. The fraction of sp³-hybridized carbons (Fsp3) is 0.562. The second-order valence-corrected chi connectivity index (χ2v) is 7.16. The quantitative estimate of drug-likeness (QED) is 0.932. The molecular formula is C16H21N3O3S. The topological polar surface area (TPSA) is 72.7 Å². The highest BCUT2D eigenvalue weighted by Gasteiger charge is 2.27. The third-order valence-electron chi connectivity index (χ3n) is 4.58. The van der Waals surface area contributed by atoms with Crippen molar-refractivity contribution in [3.63, 3.8) is 0 Å². The normalized spacial score (nSPS) is 21.5. The summed E-state index contributed by atoms with van der Waals surface area (Å²) in [5.41, 5.74) is 0.618. The monoisotopic (exact) mass is 335 g/mol. The van der Waals surface area contributed by atoms with E-state index in [1.54, 1.807) is 7.11 Å². The molecule has 7 heteroatoms. The van der Waals surface area contributed by atoms with Crippen LogP contribution in [0.25, 0.3) is 4.96 Å². The third kappa shape index (κ3) is 2.90. The van der Waals surface area contributed by atoms with Gasteiger partial charge in [-0.05, 0) is 26.7 Å². The third-order valence-corrected chi connectivity index (χ3v) is 5.66. The molecule has 1 amide bonds. The number of nitrogens with one attached hydrogen (secondary N) is 1. The highest BCUT2D eigenvalue weighted by Crippen LogP contribution is 2.21. The molecule has 2 aromatic heterocycles. The number of rotatable bonds is 3. The first-order valence-electron chi connectivity index (χ1n) is 7.84. The van der Waals surface area contributed by atoms with E-state index in [2.05, 4.69) is 10.3 Å². The van der Waals surface area contributed by atoms with Crippen LogP contribution in [0.2, 0.25) is 0 Å². The van der Waals surface area contributed by atoms with Gasteiger partial charge in [0.05, 0.1) is 12.1 Å². The molecule has 0 saturated heterocycles. The van der Waals surface area contributed by atoms with Crippen molar-refractivity contribution in [3.05, 3.63) is 32.7 Å². The summed E-state index contributed by atoms with van der Waals surface area (Å²) in [6.45, 7) is 3.81. The first-order chi connectivity index (χ1) is 11.0. The summed E-state index contributed by atoms with van der Waals surface area (Å²) in [5.74, 6) is -0.367. The van der Waals surface area contributed by atoms with Crippen LogP contribution in [0.1, 0.15) is 46.6 Å². The molecular weight excluding hydrogens is 314 g/mol. The maximum absolute atomic E-state index is 12.6. The molecule has 0 radical (unpaired) electrons. The lowest BCUT2D eigenvalue weighted by molar-refractivity contribution is 0.0392. The molecule has 1 fully saturated rings. The van der Waals surface area contributed by atoms with Crippen molar-refractivity contribution >= 4 is 22.2 Å². The van der Waals surface area contributed by atoms with Crippen molar-refractivity contribution in [2.45, 2.75) is 51.7 Å². The van der Waals surface area contributed by atoms with E-state index in [4.69, 9.17) is 4.74 Å². The van der Waals surface area contributed by atoms with E-state index in [1.165, 1.54) is 21.9 Å². The number of carbonyl (C=O) groups excluding carboxylic acids is 1. The van der Waals surface area contributed by atoms with Crippen molar-refractivity contribution in [2.75, 3.05) is 7.11 Å². The zero-order valence-corrected chi connectivity index (χ0v) is 14.4. The van der Waals surface area contributed by atoms with Gasteiger partial charge < -0.3 is 10.1 Å². The molecule has 0 aliphatic heterocycles. The lowest BCUT2D eigenvalue weighted by Crippen LogP contribution is -2.47. The Bertz CT molecular complexity index is 796. The molecule has 124 valence electrons. The Labute approximate surface area is 138 Å². The van der Waals surface area contributed by atoms with Gasteiger partial charge in [-0.25, -0.2) is 4.98 Å². The molecule has 23 heavy (non-hydrogen) atoms. The highest BCUT2D eigenvalue weighted by molar-refractivity contribution is 7.17. The van der Waals surface area contributed by atoms with Gasteiger partial charge in [0.1, 0.15) is 5.56 Å². The SMILES string of the molecule is CO[C@@H]1CCCC[C@@H]1NC(=O)c1cnc2sc(C)c(C)n2c1=O. The fourth-order valence-corrected chi connectivity index (χ4v) is 4.05. The molecule has 0 aromatic carbocycles. The number of nitrogens with zero attached hydrogens (tertiary/aromatic N) is 2. The molecule has 0 spiro atoms. The maximum atomic E-state index is 12.6. The van der Waals surface area contributed by atoms with Crippen molar-refractivity contribution in [2.24, 2.45) is 0 Å². The molecule has 1 N–H and O–H groups in total. The number of ether oxygens (including phenoxy) is 1. The second-order valence-electron chi connectivity index (χ2n) is 5.98. The Morgan fingerprint density at radius 1 is 1.39 bits per heavy atom. The van der Waals surface area contributed by atoms with E-state index >= 15 is 0 Å². The second kappa shape index (κ2) is 6.41. The van der Waals surface area contributed by atoms with Crippen molar-refractivity contribution < 1.29 is 9.53 Å². The summed E-state index contributed by atoms with van der Waals surface area (Å²) >= 11 is 1.45. The summed E-state index contributed by atoms with van der Waals surface area (Å²) < 4.78 is 6.97. The Balaban J connectivity index is 1.90. The van der Waals surface area contributed by atoms with E-state index in [1.807, 2.05) is 13.8 Å². The number of methoxy groups -OCH3 is 1. The van der Waals surface area contributed by atoms with E-state index in [0.717, 1.165) is 36.3 Å². The molecule has 6 nitrogen and oxygen atoms in total. The Morgan fingerprint density at radius 3 is 2.87 bits per heavy atom. The average molecular weight is 335 g/mol. The van der Waals surface area contributed by atoms with Gasteiger partial charge in [0.25, 0.3) is 11.5 Å². The lowest BCUT2D eigenvalue weighted by Gasteiger charge is -2.30. The van der Waals surface area contributed by atoms with Crippen LogP contribution in [-0.4, -0.2) is 34.5 Å². The Morgan fingerprint density at radius 2 is 2.13 bits per heavy atom. The first-order valence-corrected chi connectivity index (χ1v) is 8.66. The van der Waals surface area contributed by atoms with Crippen LogP contribution in [0.5, 0.6) is 0 Å². The molecule has 2 atom stereocenters. The van der Waals surface area contributed by atoms with Crippen LogP contribution in [0, 0.1) is 13.8 Å². The average Bonchev–Trinajstić information content (AvgIpc) is 2.83. The largest absolute Gasteiger partial charge is 0.379 e. The fourth-order valence-electron chi connectivity index (χ4n) is 3.12. The van der Waals surface area contributed by atoms with E-state index in [-0.39, 0.29) is 29.2 Å². The van der Waals surface area contributed by atoms with E-state index < -0.39 is 0 Å². The summed E-state index contributed by atoms with van der Waals surface area (Å²) in [7, 11) is 1.66. The maximum Gasteiger partial charge on any atom is 0.271 e. The summed E-state index contributed by atoms with van der Waals surface area (Å²) in [6, 6.07) is -0.0494. The molecule has 2 heterocycles. The number of amides is 1. The van der Waals surface area contributed by atoms with E-state index in [0.29, 0.717) is 4.96 Å². The van der Waals surface area contributed by atoms with Gasteiger partial charge in [0.15, 0.2) is 4.96 Å². The number of hydrogen-bond donors (Lipinski definition) is 1. The Hall–Kier alpha value is -1.73. The van der Waals surface area contributed by atoms with Gasteiger partial charge in [-0.1, -0.05) is 12.8 Å². The predicted octanol–water partition coefficient (Wildman–Crippen LogP) is 2.06. The number of thiazole rings is 1. The minimum absolute atomic E-state index is 0.0114. The van der Waals surface area contributed by atoms with Crippen LogP contribution >= 0.6 is 11.3 Å².